The van der Waals surface area contributed by atoms with Gasteiger partial charge in [-0.2, -0.15) is 0 Å². The molecule has 322 valence electrons. The number of nitrogens with one attached hydrogen (secondary N) is 4. The quantitative estimate of drug-likeness (QED) is 0.0639. The molecule has 16 heteroatoms. The van der Waals surface area contributed by atoms with E-state index in [9.17, 15) is 33.6 Å². The van der Waals surface area contributed by atoms with Gasteiger partial charge in [-0.15, -0.1) is 0 Å². The van der Waals surface area contributed by atoms with Crippen LogP contribution in [0.5, 0.6) is 0 Å². The number of imidazole rings is 1. The lowest BCUT2D eigenvalue weighted by molar-refractivity contribution is -0.149. The smallest absolute Gasteiger partial charge is 0.419 e. The van der Waals surface area contributed by atoms with E-state index in [0.29, 0.717) is 12.0 Å². The first-order valence-corrected chi connectivity index (χ1v) is 20.5. The highest BCUT2D eigenvalue weighted by Gasteiger charge is 2.34. The topological polar surface area (TPSA) is 230 Å². The van der Waals surface area contributed by atoms with Crippen molar-refractivity contribution < 1.29 is 43.0 Å². The first-order chi connectivity index (χ1) is 29.5. The van der Waals surface area contributed by atoms with Gasteiger partial charge in [0.25, 0.3) is 5.91 Å². The van der Waals surface area contributed by atoms with Crippen molar-refractivity contribution in [3.05, 3.63) is 126 Å². The van der Waals surface area contributed by atoms with Gasteiger partial charge in [0, 0.05) is 12.6 Å². The van der Waals surface area contributed by atoms with Gasteiger partial charge in [-0.3, -0.25) is 24.0 Å². The normalized spacial score (nSPS) is 14.6. The van der Waals surface area contributed by atoms with Crippen LogP contribution in [0.3, 0.4) is 0 Å². The third kappa shape index (κ3) is 14.0. The molecule has 61 heavy (non-hydrogen) atoms. The standard InChI is InChI=1S/C45H53N7O9/c1-2-15-35(40(54)43(57)47-25-37(53)51-39(33-22-13-6-14-23-33)44(58)60-27-30-16-7-3-8-17-30)49-41(55)36(50-42(56)38(46)32-20-11-5-12-21-32)24-34-26-52(29-48-34)45(59)61-28-31-18-9-4-10-19-31/h3-4,6-10,13-14,16-19,22-23,26,29,32,35-36,38-39H,2,5,11-12,15,20-21,24-25,27-28,46H2,1H3,(H,47,57)(H,49,55)(H,50,56)(H,51,53)/t35?,36?,38-,39-/m0/s1. The second kappa shape index (κ2) is 23.2. The Morgan fingerprint density at radius 1 is 0.754 bits per heavy atom. The van der Waals surface area contributed by atoms with Crippen molar-refractivity contribution in [1.29, 1.82) is 0 Å². The van der Waals surface area contributed by atoms with E-state index in [0.717, 1.165) is 47.8 Å². The lowest BCUT2D eigenvalue weighted by Gasteiger charge is -2.28. The molecule has 1 aliphatic rings. The zero-order chi connectivity index (χ0) is 43.6. The van der Waals surface area contributed by atoms with Gasteiger partial charge >= 0.3 is 12.1 Å². The van der Waals surface area contributed by atoms with Crippen molar-refractivity contribution in [3.8, 4) is 0 Å². The molecule has 6 N–H and O–H groups in total. The molecule has 5 rings (SSSR count). The summed E-state index contributed by atoms with van der Waals surface area (Å²) in [4.78, 5) is 97.4. The highest BCUT2D eigenvalue weighted by Crippen LogP contribution is 2.26. The number of carbonyl (C=O) groups excluding carboxylic acids is 7. The van der Waals surface area contributed by atoms with Crippen LogP contribution in [-0.2, 0) is 57.9 Å². The summed E-state index contributed by atoms with van der Waals surface area (Å²) in [5.74, 6) is -5.11. The van der Waals surface area contributed by atoms with Gasteiger partial charge in [-0.25, -0.2) is 19.1 Å². The number of ketones is 1. The maximum atomic E-state index is 13.9. The van der Waals surface area contributed by atoms with Crippen LogP contribution in [0.4, 0.5) is 4.79 Å². The zero-order valence-corrected chi connectivity index (χ0v) is 34.1. The molecule has 0 spiro atoms. The average molecular weight is 836 g/mol. The van der Waals surface area contributed by atoms with Crippen LogP contribution in [0.25, 0.3) is 0 Å². The van der Waals surface area contributed by atoms with E-state index in [2.05, 4.69) is 26.3 Å². The summed E-state index contributed by atoms with van der Waals surface area (Å²) in [6.07, 6.45) is 6.60. The number of esters is 1. The van der Waals surface area contributed by atoms with E-state index in [1.807, 2.05) is 36.4 Å². The van der Waals surface area contributed by atoms with Gasteiger partial charge in [0.15, 0.2) is 6.04 Å². The van der Waals surface area contributed by atoms with Gasteiger partial charge in [-0.05, 0) is 41.9 Å². The number of benzene rings is 3. The van der Waals surface area contributed by atoms with Crippen molar-refractivity contribution in [2.45, 2.75) is 95.7 Å². The molecular formula is C45H53N7O9. The highest BCUT2D eigenvalue weighted by molar-refractivity contribution is 6.38. The van der Waals surface area contributed by atoms with Crippen molar-refractivity contribution in [2.75, 3.05) is 6.54 Å². The molecule has 4 aromatic rings. The van der Waals surface area contributed by atoms with Gasteiger partial charge in [0.1, 0.15) is 25.6 Å². The number of hydrogen-bond donors (Lipinski definition) is 5. The number of rotatable bonds is 20. The van der Waals surface area contributed by atoms with Crippen molar-refractivity contribution >= 4 is 41.5 Å². The highest BCUT2D eigenvalue weighted by atomic mass is 16.5. The molecule has 1 aliphatic carbocycles. The number of carbonyl (C=O) groups is 7. The SMILES string of the molecule is CCCC(NC(=O)C(Cc1cn(C(=O)OCc2ccccc2)cn1)NC(=O)[C@@H](N)C1CCCCC1)C(=O)C(=O)NCC(=O)N[C@H](C(=O)OCc1ccccc1)c1ccccc1. The number of nitrogens with two attached hydrogens (primary N) is 1. The maximum absolute atomic E-state index is 13.9. The van der Waals surface area contributed by atoms with Gasteiger partial charge < -0.3 is 36.5 Å². The fourth-order valence-electron chi connectivity index (χ4n) is 6.94. The summed E-state index contributed by atoms with van der Waals surface area (Å²) in [5.41, 5.74) is 8.61. The Labute approximate surface area is 354 Å². The van der Waals surface area contributed by atoms with Crippen LogP contribution < -0.4 is 27.0 Å². The molecule has 1 saturated carbocycles. The molecular weight excluding hydrogens is 783 g/mol. The average Bonchev–Trinajstić information content (AvgIpc) is 3.77. The van der Waals surface area contributed by atoms with Gasteiger partial charge in [0.05, 0.1) is 24.3 Å². The number of ether oxygens (including phenoxy) is 2. The van der Waals surface area contributed by atoms with Crippen LogP contribution in [0.15, 0.2) is 104 Å². The first kappa shape index (κ1) is 45.4. The van der Waals surface area contributed by atoms with E-state index in [1.165, 1.54) is 12.5 Å². The second-order valence-corrected chi connectivity index (χ2v) is 14.9. The number of aromatic nitrogens is 2. The lowest BCUT2D eigenvalue weighted by Crippen LogP contribution is -2.57. The molecule has 4 amide bonds. The Hall–Kier alpha value is -6.68. The Balaban J connectivity index is 1.22. The summed E-state index contributed by atoms with van der Waals surface area (Å²) in [5, 5.41) is 10.2. The molecule has 0 aliphatic heterocycles. The monoisotopic (exact) mass is 835 g/mol. The Bertz CT molecular complexity index is 2090. The van der Waals surface area contributed by atoms with Crippen LogP contribution >= 0.6 is 0 Å². The molecule has 1 fully saturated rings. The third-order valence-electron chi connectivity index (χ3n) is 10.3. The van der Waals surface area contributed by atoms with E-state index < -0.39 is 72.2 Å². The molecule has 16 nitrogen and oxygen atoms in total. The predicted molar refractivity (Wildman–Crippen MR) is 223 cm³/mol. The largest absolute Gasteiger partial charge is 0.459 e. The van der Waals surface area contributed by atoms with Crippen LogP contribution in [0.2, 0.25) is 0 Å². The molecule has 4 atom stereocenters. The third-order valence-corrected chi connectivity index (χ3v) is 10.3. The minimum atomic E-state index is -1.33. The molecule has 0 bridgehead atoms. The van der Waals surface area contributed by atoms with Crippen LogP contribution in [0.1, 0.15) is 80.3 Å². The Kier molecular flexibility index (Phi) is 17.3. The molecule has 2 unspecified atom stereocenters. The van der Waals surface area contributed by atoms with Gasteiger partial charge in [-0.1, -0.05) is 124 Å². The fraction of sp³-hybridized carbons (Fsp3) is 0.378. The summed E-state index contributed by atoms with van der Waals surface area (Å²) < 4.78 is 12.0. The first-order valence-electron chi connectivity index (χ1n) is 20.5. The number of Topliss-reactive ketones (excluding diaryl/α,β-unsaturated/α-hetero) is 1. The molecule has 1 aromatic heterocycles. The summed E-state index contributed by atoms with van der Waals surface area (Å²) in [6.45, 7) is 1.08. The summed E-state index contributed by atoms with van der Waals surface area (Å²) >= 11 is 0. The van der Waals surface area contributed by atoms with Crippen molar-refractivity contribution in [1.82, 2.24) is 30.8 Å². The predicted octanol–water partition coefficient (Wildman–Crippen LogP) is 3.57. The molecule has 0 saturated heterocycles. The summed E-state index contributed by atoms with van der Waals surface area (Å²) in [7, 11) is 0. The number of nitrogens with zero attached hydrogens (tertiary/aromatic N) is 2. The van der Waals surface area contributed by atoms with E-state index in [-0.39, 0.29) is 37.7 Å². The van der Waals surface area contributed by atoms with E-state index in [4.69, 9.17) is 15.2 Å². The molecule has 1 heterocycles. The minimum absolute atomic E-state index is 0.0243. The Morgan fingerprint density at radius 2 is 1.34 bits per heavy atom. The van der Waals surface area contributed by atoms with Crippen molar-refractivity contribution in [2.24, 2.45) is 11.7 Å². The summed E-state index contributed by atoms with van der Waals surface area (Å²) in [6, 6.07) is 21.8. The van der Waals surface area contributed by atoms with Gasteiger partial charge in [0.2, 0.25) is 23.5 Å². The second-order valence-electron chi connectivity index (χ2n) is 14.9. The molecule has 3 aromatic carbocycles. The zero-order valence-electron chi connectivity index (χ0n) is 34.1. The minimum Gasteiger partial charge on any atom is -0.459 e. The molecule has 0 radical (unpaired) electrons. The van der Waals surface area contributed by atoms with Crippen LogP contribution in [-0.4, -0.2) is 75.7 Å². The van der Waals surface area contributed by atoms with Crippen molar-refractivity contribution in [3.63, 3.8) is 0 Å². The Morgan fingerprint density at radius 3 is 1.97 bits per heavy atom. The lowest BCUT2D eigenvalue weighted by atomic mass is 9.84. The van der Waals surface area contributed by atoms with E-state index in [1.54, 1.807) is 61.5 Å². The number of amides is 4. The van der Waals surface area contributed by atoms with E-state index >= 15 is 0 Å². The maximum Gasteiger partial charge on any atom is 0.419 e. The fourth-order valence-corrected chi connectivity index (χ4v) is 6.94. The van der Waals surface area contributed by atoms with Crippen LogP contribution in [0, 0.1) is 5.92 Å². The number of hydrogen-bond acceptors (Lipinski definition) is 11.